The molecule has 5 heteroatoms. The highest BCUT2D eigenvalue weighted by molar-refractivity contribution is 7.90. The molecule has 0 saturated heterocycles. The second-order valence-electron chi connectivity index (χ2n) is 6.07. The number of hydrogen-bond acceptors (Lipinski definition) is 3. The maximum atomic E-state index is 13.1. The highest BCUT2D eigenvalue weighted by Gasteiger charge is 2.21. The SMILES string of the molecule is CCNCc1cn(S(=O)(=O)c2ccc(C)cc2)c2cc(C)ccc12. The molecule has 0 atom stereocenters. The average Bonchev–Trinajstić information content (AvgIpc) is 2.91. The Hall–Kier alpha value is -2.11. The van der Waals surface area contributed by atoms with Crippen LogP contribution in [-0.2, 0) is 16.6 Å². The summed E-state index contributed by atoms with van der Waals surface area (Å²) in [6.45, 7) is 7.43. The molecule has 0 fully saturated rings. The van der Waals surface area contributed by atoms with Crippen molar-refractivity contribution >= 4 is 20.9 Å². The third-order valence-corrected chi connectivity index (χ3v) is 5.84. The maximum absolute atomic E-state index is 13.1. The van der Waals surface area contributed by atoms with Crippen molar-refractivity contribution in [2.75, 3.05) is 6.54 Å². The van der Waals surface area contributed by atoms with E-state index in [0.717, 1.165) is 34.1 Å². The van der Waals surface area contributed by atoms with Crippen LogP contribution in [0.4, 0.5) is 0 Å². The molecule has 0 aliphatic carbocycles. The lowest BCUT2D eigenvalue weighted by Crippen LogP contribution is -2.13. The minimum atomic E-state index is -3.61. The van der Waals surface area contributed by atoms with E-state index in [9.17, 15) is 8.42 Å². The fourth-order valence-electron chi connectivity index (χ4n) is 2.80. The zero-order valence-corrected chi connectivity index (χ0v) is 15.0. The van der Waals surface area contributed by atoms with Crippen molar-refractivity contribution < 1.29 is 8.42 Å². The summed E-state index contributed by atoms with van der Waals surface area (Å²) >= 11 is 0. The third-order valence-electron chi connectivity index (χ3n) is 4.15. The Morgan fingerprint density at radius 1 is 1.00 bits per heavy atom. The molecule has 1 heterocycles. The van der Waals surface area contributed by atoms with Crippen LogP contribution in [0.1, 0.15) is 23.6 Å². The first-order valence-electron chi connectivity index (χ1n) is 8.07. The first-order chi connectivity index (χ1) is 11.4. The molecule has 126 valence electrons. The van der Waals surface area contributed by atoms with Crippen LogP contribution >= 0.6 is 0 Å². The van der Waals surface area contributed by atoms with E-state index >= 15 is 0 Å². The summed E-state index contributed by atoms with van der Waals surface area (Å²) in [4.78, 5) is 0.307. The topological polar surface area (TPSA) is 51.1 Å². The molecule has 0 spiro atoms. The Labute approximate surface area is 143 Å². The van der Waals surface area contributed by atoms with Crippen LogP contribution < -0.4 is 5.32 Å². The van der Waals surface area contributed by atoms with Crippen molar-refractivity contribution in [1.29, 1.82) is 0 Å². The summed E-state index contributed by atoms with van der Waals surface area (Å²) in [6, 6.07) is 12.9. The molecule has 0 amide bonds. The largest absolute Gasteiger partial charge is 0.313 e. The van der Waals surface area contributed by atoms with E-state index in [1.165, 1.54) is 3.97 Å². The van der Waals surface area contributed by atoms with Crippen LogP contribution in [0.3, 0.4) is 0 Å². The van der Waals surface area contributed by atoms with Gasteiger partial charge in [0.1, 0.15) is 0 Å². The van der Waals surface area contributed by atoms with Crippen LogP contribution in [-0.4, -0.2) is 18.9 Å². The number of aryl methyl sites for hydroxylation is 2. The van der Waals surface area contributed by atoms with Crippen molar-refractivity contribution in [3.63, 3.8) is 0 Å². The fraction of sp³-hybridized carbons (Fsp3) is 0.263. The predicted octanol–water partition coefficient (Wildman–Crippen LogP) is 3.60. The van der Waals surface area contributed by atoms with Gasteiger partial charge in [0, 0.05) is 18.1 Å². The number of hydrogen-bond donors (Lipinski definition) is 1. The molecule has 0 aliphatic heterocycles. The molecule has 0 saturated carbocycles. The van der Waals surface area contributed by atoms with E-state index in [1.807, 2.05) is 51.1 Å². The van der Waals surface area contributed by atoms with Gasteiger partial charge in [-0.05, 0) is 49.7 Å². The van der Waals surface area contributed by atoms with E-state index in [1.54, 1.807) is 18.3 Å². The van der Waals surface area contributed by atoms with Gasteiger partial charge in [-0.1, -0.05) is 36.8 Å². The number of aromatic nitrogens is 1. The van der Waals surface area contributed by atoms with E-state index in [-0.39, 0.29) is 0 Å². The summed E-state index contributed by atoms with van der Waals surface area (Å²) in [5, 5.41) is 4.24. The first-order valence-corrected chi connectivity index (χ1v) is 9.51. The molecule has 1 aromatic heterocycles. The smallest absolute Gasteiger partial charge is 0.268 e. The molecular weight excluding hydrogens is 320 g/mol. The lowest BCUT2D eigenvalue weighted by Gasteiger charge is -2.08. The molecule has 0 bridgehead atoms. The second-order valence-corrected chi connectivity index (χ2v) is 7.88. The summed E-state index contributed by atoms with van der Waals surface area (Å²) in [5.74, 6) is 0. The summed E-state index contributed by atoms with van der Waals surface area (Å²) < 4.78 is 27.6. The summed E-state index contributed by atoms with van der Waals surface area (Å²) in [6.07, 6.45) is 1.74. The van der Waals surface area contributed by atoms with Gasteiger partial charge in [-0.15, -0.1) is 0 Å². The van der Waals surface area contributed by atoms with Crippen LogP contribution in [0.2, 0.25) is 0 Å². The van der Waals surface area contributed by atoms with Gasteiger partial charge in [0.05, 0.1) is 10.4 Å². The average molecular weight is 342 g/mol. The first kappa shape index (κ1) is 16.7. The van der Waals surface area contributed by atoms with Gasteiger partial charge in [-0.2, -0.15) is 0 Å². The van der Waals surface area contributed by atoms with Gasteiger partial charge in [0.15, 0.2) is 0 Å². The zero-order valence-electron chi connectivity index (χ0n) is 14.2. The van der Waals surface area contributed by atoms with Crippen LogP contribution in [0.5, 0.6) is 0 Å². The third kappa shape index (κ3) is 2.97. The molecule has 2 aromatic carbocycles. The summed E-state index contributed by atoms with van der Waals surface area (Å²) in [5.41, 5.74) is 3.79. The Kier molecular flexibility index (Phi) is 4.47. The quantitative estimate of drug-likeness (QED) is 0.771. The lowest BCUT2D eigenvalue weighted by molar-refractivity contribution is 0.589. The molecule has 0 aliphatic rings. The molecule has 3 aromatic rings. The van der Waals surface area contributed by atoms with Crippen molar-refractivity contribution in [2.24, 2.45) is 0 Å². The maximum Gasteiger partial charge on any atom is 0.268 e. The monoisotopic (exact) mass is 342 g/mol. The molecule has 0 unspecified atom stereocenters. The van der Waals surface area contributed by atoms with Crippen molar-refractivity contribution in [3.8, 4) is 0 Å². The highest BCUT2D eigenvalue weighted by Crippen LogP contribution is 2.27. The molecule has 1 N–H and O–H groups in total. The van der Waals surface area contributed by atoms with Gasteiger partial charge in [0.25, 0.3) is 10.0 Å². The Morgan fingerprint density at radius 2 is 1.67 bits per heavy atom. The minimum Gasteiger partial charge on any atom is -0.313 e. The van der Waals surface area contributed by atoms with E-state index in [4.69, 9.17) is 0 Å². The van der Waals surface area contributed by atoms with Gasteiger partial charge < -0.3 is 5.32 Å². The van der Waals surface area contributed by atoms with Crippen molar-refractivity contribution in [3.05, 3.63) is 65.4 Å². The van der Waals surface area contributed by atoms with Gasteiger partial charge in [-0.25, -0.2) is 12.4 Å². The predicted molar refractivity (Wildman–Crippen MR) is 97.8 cm³/mol. The summed E-state index contributed by atoms with van der Waals surface area (Å²) in [7, 11) is -3.61. The number of nitrogens with zero attached hydrogens (tertiary/aromatic N) is 1. The number of benzene rings is 2. The number of fused-ring (bicyclic) bond motifs is 1. The zero-order chi connectivity index (χ0) is 17.3. The number of nitrogens with one attached hydrogen (secondary N) is 1. The Balaban J connectivity index is 2.21. The van der Waals surface area contributed by atoms with Crippen LogP contribution in [0.25, 0.3) is 10.9 Å². The van der Waals surface area contributed by atoms with Gasteiger partial charge in [0.2, 0.25) is 0 Å². The van der Waals surface area contributed by atoms with Gasteiger partial charge in [-0.3, -0.25) is 0 Å². The molecule has 4 nitrogen and oxygen atoms in total. The van der Waals surface area contributed by atoms with Crippen LogP contribution in [0.15, 0.2) is 53.6 Å². The van der Waals surface area contributed by atoms with Crippen LogP contribution in [0, 0.1) is 13.8 Å². The normalized spacial score (nSPS) is 12.0. The van der Waals surface area contributed by atoms with E-state index in [2.05, 4.69) is 5.32 Å². The van der Waals surface area contributed by atoms with Crippen molar-refractivity contribution in [2.45, 2.75) is 32.2 Å². The molecule has 24 heavy (non-hydrogen) atoms. The number of rotatable bonds is 5. The Bertz CT molecular complexity index is 971. The fourth-order valence-corrected chi connectivity index (χ4v) is 4.18. The molecule has 0 radical (unpaired) electrons. The second kappa shape index (κ2) is 6.42. The molecular formula is C19H22N2O2S. The van der Waals surface area contributed by atoms with Crippen molar-refractivity contribution in [1.82, 2.24) is 9.29 Å². The Morgan fingerprint density at radius 3 is 2.33 bits per heavy atom. The van der Waals surface area contributed by atoms with E-state index in [0.29, 0.717) is 11.4 Å². The van der Waals surface area contributed by atoms with E-state index < -0.39 is 10.0 Å². The standard InChI is InChI=1S/C19H22N2O2S/c1-4-20-12-16-13-21(19-11-15(3)7-10-18(16)19)24(22,23)17-8-5-14(2)6-9-17/h5-11,13,20H,4,12H2,1-3H3. The lowest BCUT2D eigenvalue weighted by atomic mass is 10.1. The molecule has 3 rings (SSSR count). The minimum absolute atomic E-state index is 0.307. The highest BCUT2D eigenvalue weighted by atomic mass is 32.2. The van der Waals surface area contributed by atoms with Gasteiger partial charge >= 0.3 is 0 Å².